The van der Waals surface area contributed by atoms with Gasteiger partial charge in [0.25, 0.3) is 0 Å². The Bertz CT molecular complexity index is 707. The van der Waals surface area contributed by atoms with Gasteiger partial charge in [0.05, 0.1) is 12.0 Å². The molecule has 22 heavy (non-hydrogen) atoms. The molecule has 1 N–H and O–H groups in total. The van der Waals surface area contributed by atoms with Crippen LogP contribution in [-0.4, -0.2) is 11.7 Å². The van der Waals surface area contributed by atoms with Gasteiger partial charge in [0, 0.05) is 11.0 Å². The molecular weight excluding hydrogens is 278 g/mol. The number of ketones is 1. The van der Waals surface area contributed by atoms with Gasteiger partial charge in [-0.15, -0.1) is 0 Å². The number of benzene rings is 1. The van der Waals surface area contributed by atoms with E-state index < -0.39 is 5.41 Å². The predicted octanol–water partition coefficient (Wildman–Crippen LogP) is 4.11. The summed E-state index contributed by atoms with van der Waals surface area (Å²) in [6.07, 6.45) is 1.46. The molecule has 0 radical (unpaired) electrons. The number of amides is 1. The minimum atomic E-state index is -0.538. The van der Waals surface area contributed by atoms with Crippen LogP contribution in [0.25, 0.3) is 0 Å². The fourth-order valence-corrected chi connectivity index (χ4v) is 1.96. The SMILES string of the molecule is Cc1cc(NC(=O)C(C)(C)C)c(C(=O)c2ccco2)cc1C. The molecule has 0 saturated heterocycles. The standard InChI is InChI=1S/C18H21NO3/c1-11-9-13(16(20)15-7-6-8-22-15)14(10-12(11)2)19-17(21)18(3,4)5/h6-10H,1-5H3,(H,19,21). The zero-order valence-electron chi connectivity index (χ0n) is 13.6. The number of rotatable bonds is 3. The van der Waals surface area contributed by atoms with Gasteiger partial charge < -0.3 is 9.73 Å². The third kappa shape index (κ3) is 3.27. The van der Waals surface area contributed by atoms with Crippen molar-refractivity contribution in [3.05, 3.63) is 53.0 Å². The number of furan rings is 1. The lowest BCUT2D eigenvalue weighted by Gasteiger charge is -2.20. The quantitative estimate of drug-likeness (QED) is 0.868. The van der Waals surface area contributed by atoms with E-state index >= 15 is 0 Å². The molecule has 1 aromatic heterocycles. The fourth-order valence-electron chi connectivity index (χ4n) is 1.96. The molecule has 2 aromatic rings. The first kappa shape index (κ1) is 16.0. The van der Waals surface area contributed by atoms with Crippen LogP contribution in [0.1, 0.15) is 48.0 Å². The largest absolute Gasteiger partial charge is 0.461 e. The summed E-state index contributed by atoms with van der Waals surface area (Å²) >= 11 is 0. The van der Waals surface area contributed by atoms with Gasteiger partial charge in [0.1, 0.15) is 0 Å². The van der Waals surface area contributed by atoms with E-state index in [0.717, 1.165) is 11.1 Å². The highest BCUT2D eigenvalue weighted by atomic mass is 16.3. The maximum absolute atomic E-state index is 12.6. The summed E-state index contributed by atoms with van der Waals surface area (Å²) in [5, 5.41) is 2.86. The van der Waals surface area contributed by atoms with Crippen LogP contribution in [0.3, 0.4) is 0 Å². The van der Waals surface area contributed by atoms with Crippen molar-refractivity contribution in [2.75, 3.05) is 5.32 Å². The first-order valence-electron chi connectivity index (χ1n) is 7.21. The molecule has 1 heterocycles. The summed E-state index contributed by atoms with van der Waals surface area (Å²) in [6.45, 7) is 9.37. The van der Waals surface area contributed by atoms with Crippen molar-refractivity contribution in [3.8, 4) is 0 Å². The number of carbonyl (C=O) groups excluding carboxylic acids is 2. The predicted molar refractivity (Wildman–Crippen MR) is 86.1 cm³/mol. The lowest BCUT2D eigenvalue weighted by atomic mass is 9.94. The second-order valence-electron chi connectivity index (χ2n) is 6.49. The van der Waals surface area contributed by atoms with Gasteiger partial charge in [-0.2, -0.15) is 0 Å². The van der Waals surface area contributed by atoms with Gasteiger partial charge >= 0.3 is 0 Å². The Hall–Kier alpha value is -2.36. The highest BCUT2D eigenvalue weighted by Gasteiger charge is 2.24. The lowest BCUT2D eigenvalue weighted by Crippen LogP contribution is -2.28. The van der Waals surface area contributed by atoms with Crippen LogP contribution < -0.4 is 5.32 Å². The molecule has 0 unspecified atom stereocenters. The topological polar surface area (TPSA) is 59.3 Å². The minimum absolute atomic E-state index is 0.135. The average molecular weight is 299 g/mol. The smallest absolute Gasteiger partial charge is 0.230 e. The molecule has 0 saturated carbocycles. The fraction of sp³-hybridized carbons (Fsp3) is 0.333. The van der Waals surface area contributed by atoms with Crippen molar-refractivity contribution in [1.29, 1.82) is 0 Å². The highest BCUT2D eigenvalue weighted by Crippen LogP contribution is 2.26. The van der Waals surface area contributed by atoms with Crippen molar-refractivity contribution in [1.82, 2.24) is 0 Å². The van der Waals surface area contributed by atoms with E-state index in [0.29, 0.717) is 11.3 Å². The highest BCUT2D eigenvalue weighted by molar-refractivity contribution is 6.13. The summed E-state index contributed by atoms with van der Waals surface area (Å²) in [4.78, 5) is 24.8. The third-order valence-corrected chi connectivity index (χ3v) is 3.55. The molecule has 4 nitrogen and oxygen atoms in total. The Labute approximate surface area is 130 Å². The van der Waals surface area contributed by atoms with E-state index in [-0.39, 0.29) is 17.5 Å². The summed E-state index contributed by atoms with van der Waals surface area (Å²) in [7, 11) is 0. The molecule has 0 spiro atoms. The number of nitrogens with one attached hydrogen (secondary N) is 1. The number of anilines is 1. The minimum Gasteiger partial charge on any atom is -0.461 e. The number of hydrogen-bond donors (Lipinski definition) is 1. The normalized spacial score (nSPS) is 11.3. The van der Waals surface area contributed by atoms with E-state index in [1.54, 1.807) is 18.2 Å². The molecule has 0 aliphatic rings. The first-order chi connectivity index (χ1) is 10.2. The Balaban J connectivity index is 2.46. The van der Waals surface area contributed by atoms with Crippen LogP contribution in [-0.2, 0) is 4.79 Å². The average Bonchev–Trinajstić information content (AvgIpc) is 2.94. The van der Waals surface area contributed by atoms with Gasteiger partial charge in [-0.1, -0.05) is 20.8 Å². The zero-order valence-corrected chi connectivity index (χ0v) is 13.6. The molecule has 4 heteroatoms. The first-order valence-corrected chi connectivity index (χ1v) is 7.21. The van der Waals surface area contributed by atoms with E-state index in [9.17, 15) is 9.59 Å². The second-order valence-corrected chi connectivity index (χ2v) is 6.49. The van der Waals surface area contributed by atoms with Crippen LogP contribution in [0.2, 0.25) is 0 Å². The van der Waals surface area contributed by atoms with Crippen LogP contribution in [0.4, 0.5) is 5.69 Å². The lowest BCUT2D eigenvalue weighted by molar-refractivity contribution is -0.123. The number of hydrogen-bond acceptors (Lipinski definition) is 3. The van der Waals surface area contributed by atoms with Gasteiger partial charge in [0.2, 0.25) is 11.7 Å². The zero-order chi connectivity index (χ0) is 16.5. The molecule has 1 aromatic carbocycles. The van der Waals surface area contributed by atoms with Crippen LogP contribution >= 0.6 is 0 Å². The molecule has 0 atom stereocenters. The van der Waals surface area contributed by atoms with Gasteiger partial charge in [-0.25, -0.2) is 0 Å². The molecule has 0 bridgehead atoms. The molecule has 2 rings (SSSR count). The summed E-state index contributed by atoms with van der Waals surface area (Å²) < 4.78 is 5.18. The van der Waals surface area contributed by atoms with Crippen LogP contribution in [0.15, 0.2) is 34.9 Å². The van der Waals surface area contributed by atoms with E-state index in [1.165, 1.54) is 6.26 Å². The molecule has 0 aliphatic carbocycles. The van der Waals surface area contributed by atoms with Crippen molar-refractivity contribution >= 4 is 17.4 Å². The molecule has 116 valence electrons. The summed E-state index contributed by atoms with van der Waals surface area (Å²) in [5.74, 6) is -0.115. The number of aryl methyl sites for hydroxylation is 2. The Kier molecular flexibility index (Phi) is 4.22. The van der Waals surface area contributed by atoms with E-state index in [4.69, 9.17) is 4.42 Å². The summed E-state index contributed by atoms with van der Waals surface area (Å²) in [6, 6.07) is 6.90. The third-order valence-electron chi connectivity index (χ3n) is 3.55. The van der Waals surface area contributed by atoms with Crippen molar-refractivity contribution in [2.24, 2.45) is 5.41 Å². The maximum atomic E-state index is 12.6. The van der Waals surface area contributed by atoms with E-state index in [1.807, 2.05) is 40.7 Å². The Morgan fingerprint density at radius 1 is 1.09 bits per heavy atom. The van der Waals surface area contributed by atoms with Crippen molar-refractivity contribution < 1.29 is 14.0 Å². The number of carbonyl (C=O) groups is 2. The van der Waals surface area contributed by atoms with Crippen LogP contribution in [0, 0.1) is 19.3 Å². The molecule has 0 fully saturated rings. The molecular formula is C18H21NO3. The van der Waals surface area contributed by atoms with Gasteiger partial charge in [-0.3, -0.25) is 9.59 Å². The maximum Gasteiger partial charge on any atom is 0.230 e. The van der Waals surface area contributed by atoms with Crippen molar-refractivity contribution in [2.45, 2.75) is 34.6 Å². The van der Waals surface area contributed by atoms with Gasteiger partial charge in [-0.05, 0) is 49.2 Å². The monoisotopic (exact) mass is 299 g/mol. The van der Waals surface area contributed by atoms with E-state index in [2.05, 4.69) is 5.32 Å². The molecule has 1 amide bonds. The second kappa shape index (κ2) is 5.79. The molecule has 0 aliphatic heterocycles. The summed E-state index contributed by atoms with van der Waals surface area (Å²) in [5.41, 5.74) is 2.42. The van der Waals surface area contributed by atoms with Gasteiger partial charge in [0.15, 0.2) is 5.76 Å². The van der Waals surface area contributed by atoms with Crippen molar-refractivity contribution in [3.63, 3.8) is 0 Å². The Morgan fingerprint density at radius 2 is 1.73 bits per heavy atom. The Morgan fingerprint density at radius 3 is 2.27 bits per heavy atom. The van der Waals surface area contributed by atoms with Crippen LogP contribution in [0.5, 0.6) is 0 Å².